The van der Waals surface area contributed by atoms with Crippen molar-refractivity contribution in [2.24, 2.45) is 5.73 Å². The Hall–Kier alpha value is -0.200. The number of rotatable bonds is 5. The second-order valence-electron chi connectivity index (χ2n) is 3.92. The first-order valence-corrected chi connectivity index (χ1v) is 8.08. The van der Waals surface area contributed by atoms with Gasteiger partial charge in [-0.25, -0.2) is 0 Å². The van der Waals surface area contributed by atoms with Gasteiger partial charge in [0, 0.05) is 33.0 Å². The lowest BCUT2D eigenvalue weighted by Crippen LogP contribution is -2.27. The van der Waals surface area contributed by atoms with Crippen molar-refractivity contribution in [1.82, 2.24) is 5.32 Å². The zero-order valence-electron chi connectivity index (χ0n) is 9.70. The number of thiophene rings is 1. The van der Waals surface area contributed by atoms with E-state index in [0.717, 1.165) is 15.5 Å². The maximum absolute atomic E-state index is 5.85. The number of hydrogen-bond donors (Lipinski definition) is 2. The van der Waals surface area contributed by atoms with Crippen molar-refractivity contribution in [2.45, 2.75) is 12.6 Å². The Morgan fingerprint density at radius 3 is 2.67 bits per heavy atom. The fourth-order valence-corrected chi connectivity index (χ4v) is 3.00. The molecular weight excluding hydrogens is 376 g/mol. The van der Waals surface area contributed by atoms with E-state index in [4.69, 9.17) is 5.73 Å². The molecular formula is C13H14Br2N2S. The summed E-state index contributed by atoms with van der Waals surface area (Å²) >= 11 is 8.75. The first kappa shape index (κ1) is 14.2. The summed E-state index contributed by atoms with van der Waals surface area (Å²) in [5.74, 6) is 0. The van der Waals surface area contributed by atoms with Crippen molar-refractivity contribution in [3.8, 4) is 0 Å². The highest BCUT2D eigenvalue weighted by Gasteiger charge is 2.10. The lowest BCUT2D eigenvalue weighted by molar-refractivity contribution is 0.545. The summed E-state index contributed by atoms with van der Waals surface area (Å²) in [6, 6.07) is 10.6. The SMILES string of the molecule is NCC(NCc1cccs1)c1ccc(Br)c(Br)c1. The van der Waals surface area contributed by atoms with Gasteiger partial charge in [0.1, 0.15) is 0 Å². The van der Waals surface area contributed by atoms with Crippen molar-refractivity contribution in [2.75, 3.05) is 6.54 Å². The van der Waals surface area contributed by atoms with Crippen LogP contribution in [0.1, 0.15) is 16.5 Å². The van der Waals surface area contributed by atoms with E-state index in [9.17, 15) is 0 Å². The zero-order chi connectivity index (χ0) is 13.0. The summed E-state index contributed by atoms with van der Waals surface area (Å²) in [5.41, 5.74) is 7.04. The molecule has 1 aromatic carbocycles. The molecule has 2 rings (SSSR count). The number of halogens is 2. The normalized spacial score (nSPS) is 12.6. The molecule has 2 aromatic rings. The van der Waals surface area contributed by atoms with Crippen LogP contribution in [-0.4, -0.2) is 6.54 Å². The molecule has 2 nitrogen and oxygen atoms in total. The maximum Gasteiger partial charge on any atom is 0.0447 e. The highest BCUT2D eigenvalue weighted by molar-refractivity contribution is 9.13. The molecule has 5 heteroatoms. The van der Waals surface area contributed by atoms with Gasteiger partial charge in [0.2, 0.25) is 0 Å². The van der Waals surface area contributed by atoms with Crippen LogP contribution in [-0.2, 0) is 6.54 Å². The fraction of sp³-hybridized carbons (Fsp3) is 0.231. The third kappa shape index (κ3) is 3.65. The topological polar surface area (TPSA) is 38.0 Å². The molecule has 96 valence electrons. The number of nitrogens with two attached hydrogens (primary N) is 1. The molecule has 0 radical (unpaired) electrons. The molecule has 0 aliphatic heterocycles. The molecule has 0 bridgehead atoms. The maximum atomic E-state index is 5.85. The van der Waals surface area contributed by atoms with E-state index in [-0.39, 0.29) is 6.04 Å². The highest BCUT2D eigenvalue weighted by atomic mass is 79.9. The first-order chi connectivity index (χ1) is 8.70. The Balaban J connectivity index is 2.05. The van der Waals surface area contributed by atoms with Crippen molar-refractivity contribution in [1.29, 1.82) is 0 Å². The Morgan fingerprint density at radius 1 is 1.22 bits per heavy atom. The molecule has 1 atom stereocenters. The number of hydrogen-bond acceptors (Lipinski definition) is 3. The van der Waals surface area contributed by atoms with Crippen molar-refractivity contribution >= 4 is 43.2 Å². The highest BCUT2D eigenvalue weighted by Crippen LogP contribution is 2.26. The molecule has 0 fully saturated rings. The standard InChI is InChI=1S/C13H14Br2N2S/c14-11-4-3-9(6-12(11)15)13(7-16)17-8-10-2-1-5-18-10/h1-6,13,17H,7-8,16H2. The predicted octanol–water partition coefficient (Wildman–Crippen LogP) is 4.06. The fourth-order valence-electron chi connectivity index (χ4n) is 1.70. The van der Waals surface area contributed by atoms with Crippen LogP contribution in [0.4, 0.5) is 0 Å². The van der Waals surface area contributed by atoms with Gasteiger partial charge in [-0.2, -0.15) is 0 Å². The lowest BCUT2D eigenvalue weighted by Gasteiger charge is -2.17. The van der Waals surface area contributed by atoms with Crippen molar-refractivity contribution in [3.05, 3.63) is 55.1 Å². The van der Waals surface area contributed by atoms with E-state index >= 15 is 0 Å². The van der Waals surface area contributed by atoms with E-state index in [1.54, 1.807) is 11.3 Å². The molecule has 1 unspecified atom stereocenters. The minimum absolute atomic E-state index is 0.177. The van der Waals surface area contributed by atoms with E-state index in [0.29, 0.717) is 6.54 Å². The molecule has 0 aliphatic rings. The van der Waals surface area contributed by atoms with Gasteiger partial charge in [-0.1, -0.05) is 12.1 Å². The molecule has 18 heavy (non-hydrogen) atoms. The van der Waals surface area contributed by atoms with Gasteiger partial charge in [-0.05, 0) is 61.0 Å². The van der Waals surface area contributed by atoms with E-state index < -0.39 is 0 Å². The van der Waals surface area contributed by atoms with Crippen molar-refractivity contribution in [3.63, 3.8) is 0 Å². The Kier molecular flexibility index (Phi) is 5.38. The second-order valence-corrected chi connectivity index (χ2v) is 6.66. The van der Waals surface area contributed by atoms with Crippen LogP contribution >= 0.6 is 43.2 Å². The molecule has 0 saturated carbocycles. The molecule has 0 aliphatic carbocycles. The van der Waals surface area contributed by atoms with Gasteiger partial charge >= 0.3 is 0 Å². The molecule has 0 spiro atoms. The quantitative estimate of drug-likeness (QED) is 0.808. The number of benzene rings is 1. The second kappa shape index (κ2) is 6.82. The number of nitrogens with one attached hydrogen (secondary N) is 1. The summed E-state index contributed by atoms with van der Waals surface area (Å²) in [7, 11) is 0. The average molecular weight is 390 g/mol. The molecule has 0 saturated heterocycles. The van der Waals surface area contributed by atoms with E-state index in [1.165, 1.54) is 10.4 Å². The van der Waals surface area contributed by atoms with Crippen LogP contribution in [0, 0.1) is 0 Å². The van der Waals surface area contributed by atoms with Crippen LogP contribution in [0.5, 0.6) is 0 Å². The Bertz CT molecular complexity index is 500. The summed E-state index contributed by atoms with van der Waals surface area (Å²) in [6.07, 6.45) is 0. The lowest BCUT2D eigenvalue weighted by atomic mass is 10.1. The Morgan fingerprint density at radius 2 is 2.06 bits per heavy atom. The van der Waals surface area contributed by atoms with Crippen LogP contribution < -0.4 is 11.1 Å². The van der Waals surface area contributed by atoms with Gasteiger partial charge in [0.15, 0.2) is 0 Å². The summed E-state index contributed by atoms with van der Waals surface area (Å²) < 4.78 is 2.11. The first-order valence-electron chi connectivity index (χ1n) is 5.61. The summed E-state index contributed by atoms with van der Waals surface area (Å²) in [5, 5.41) is 5.57. The van der Waals surface area contributed by atoms with Gasteiger partial charge in [-0.3, -0.25) is 0 Å². The smallest absolute Gasteiger partial charge is 0.0447 e. The van der Waals surface area contributed by atoms with Crippen LogP contribution in [0.2, 0.25) is 0 Å². The van der Waals surface area contributed by atoms with Gasteiger partial charge in [0.05, 0.1) is 0 Å². The minimum Gasteiger partial charge on any atom is -0.329 e. The largest absolute Gasteiger partial charge is 0.329 e. The predicted molar refractivity (Wildman–Crippen MR) is 84.8 cm³/mol. The molecule has 1 aromatic heterocycles. The molecule has 0 amide bonds. The zero-order valence-corrected chi connectivity index (χ0v) is 13.7. The summed E-state index contributed by atoms with van der Waals surface area (Å²) in [4.78, 5) is 1.32. The van der Waals surface area contributed by atoms with E-state index in [2.05, 4.69) is 66.8 Å². The summed E-state index contributed by atoms with van der Waals surface area (Å²) in [6.45, 7) is 1.44. The molecule has 1 heterocycles. The van der Waals surface area contributed by atoms with Crippen LogP contribution in [0.25, 0.3) is 0 Å². The third-order valence-electron chi connectivity index (χ3n) is 2.68. The van der Waals surface area contributed by atoms with Gasteiger partial charge < -0.3 is 11.1 Å². The minimum atomic E-state index is 0.177. The molecule has 3 N–H and O–H groups in total. The van der Waals surface area contributed by atoms with Gasteiger partial charge in [0.25, 0.3) is 0 Å². The van der Waals surface area contributed by atoms with Crippen LogP contribution in [0.15, 0.2) is 44.7 Å². The van der Waals surface area contributed by atoms with Crippen LogP contribution in [0.3, 0.4) is 0 Å². The average Bonchev–Trinajstić information content (AvgIpc) is 2.87. The van der Waals surface area contributed by atoms with Crippen molar-refractivity contribution < 1.29 is 0 Å². The third-order valence-corrected chi connectivity index (χ3v) is 5.44. The van der Waals surface area contributed by atoms with E-state index in [1.807, 2.05) is 6.07 Å². The van der Waals surface area contributed by atoms with Gasteiger partial charge in [-0.15, -0.1) is 11.3 Å². The Labute approximate surface area is 128 Å². The monoisotopic (exact) mass is 388 g/mol.